The number of nitrogens with one attached hydrogen (secondary N) is 1. The number of carbonyl (C=O) groups is 2. The monoisotopic (exact) mass is 437 g/mol. The number of ether oxygens (including phenoxy) is 2. The van der Waals surface area contributed by atoms with Crippen molar-refractivity contribution in [3.05, 3.63) is 48.5 Å². The molecule has 7 heteroatoms. The highest BCUT2D eigenvalue weighted by atomic mass is 16.5. The van der Waals surface area contributed by atoms with Crippen LogP contribution in [0.1, 0.15) is 46.0 Å². The maximum atomic E-state index is 12.7. The summed E-state index contributed by atoms with van der Waals surface area (Å²) in [5.74, 6) is 0.762. The van der Waals surface area contributed by atoms with Crippen molar-refractivity contribution in [2.45, 2.75) is 46.0 Å². The van der Waals surface area contributed by atoms with E-state index in [0.29, 0.717) is 36.1 Å². The third kappa shape index (κ3) is 7.95. The zero-order valence-electron chi connectivity index (χ0n) is 18.8. The molecular weight excluding hydrogens is 406 g/mol. The molecule has 7 nitrogen and oxygen atoms in total. The van der Waals surface area contributed by atoms with Gasteiger partial charge in [-0.15, -0.1) is 0 Å². The normalized spacial score (nSPS) is 10.2. The number of nitriles is 1. The molecule has 0 atom stereocenters. The molecule has 0 saturated carbocycles. The van der Waals surface area contributed by atoms with Crippen LogP contribution in [0.5, 0.6) is 11.5 Å². The molecule has 0 aliphatic carbocycles. The molecular formula is C25H31N3O4. The number of hydrogen-bond acceptors (Lipinski definition) is 5. The van der Waals surface area contributed by atoms with Crippen LogP contribution in [0.2, 0.25) is 0 Å². The molecule has 32 heavy (non-hydrogen) atoms. The molecule has 170 valence electrons. The van der Waals surface area contributed by atoms with E-state index in [1.54, 1.807) is 23.1 Å². The fraction of sp³-hybridized carbons (Fsp3) is 0.400. The predicted molar refractivity (Wildman–Crippen MR) is 125 cm³/mol. The first-order valence-electron chi connectivity index (χ1n) is 11.0. The van der Waals surface area contributed by atoms with Gasteiger partial charge in [0.15, 0.2) is 11.5 Å². The minimum atomic E-state index is -0.268. The van der Waals surface area contributed by atoms with Gasteiger partial charge in [0.05, 0.1) is 25.7 Å². The van der Waals surface area contributed by atoms with Gasteiger partial charge in [-0.25, -0.2) is 0 Å². The molecule has 0 aliphatic rings. The second kappa shape index (κ2) is 13.7. The van der Waals surface area contributed by atoms with E-state index in [9.17, 15) is 9.59 Å². The summed E-state index contributed by atoms with van der Waals surface area (Å²) in [6.45, 7) is 5.47. The van der Waals surface area contributed by atoms with Crippen LogP contribution in [0.3, 0.4) is 0 Å². The second-order valence-corrected chi connectivity index (χ2v) is 7.20. The number of anilines is 2. The Bertz CT molecular complexity index is 909. The van der Waals surface area contributed by atoms with E-state index in [1.807, 2.05) is 44.2 Å². The topological polar surface area (TPSA) is 91.7 Å². The fourth-order valence-corrected chi connectivity index (χ4v) is 2.99. The molecule has 0 unspecified atom stereocenters. The average Bonchev–Trinajstić information content (AvgIpc) is 2.81. The van der Waals surface area contributed by atoms with Gasteiger partial charge in [-0.05, 0) is 37.1 Å². The minimum absolute atomic E-state index is 0.0357. The van der Waals surface area contributed by atoms with E-state index in [0.717, 1.165) is 12.8 Å². The standard InChI is InChI=1S/C25H31N3O4/c1-3-17-31-22-12-11-20(19-23(22)32-18-4-2)27-24(29)13-14-25(30)28(16-8-15-26)21-9-6-5-7-10-21/h5-7,9-12,19H,3-4,8,13-14,16-18H2,1-2H3,(H,27,29). The molecule has 2 aromatic carbocycles. The van der Waals surface area contributed by atoms with Crippen LogP contribution in [0.4, 0.5) is 11.4 Å². The highest BCUT2D eigenvalue weighted by Crippen LogP contribution is 2.31. The van der Waals surface area contributed by atoms with E-state index < -0.39 is 0 Å². The van der Waals surface area contributed by atoms with Crippen LogP contribution >= 0.6 is 0 Å². The first kappa shape index (κ1) is 24.7. The number of hydrogen-bond donors (Lipinski definition) is 1. The van der Waals surface area contributed by atoms with Gasteiger partial charge in [-0.2, -0.15) is 5.26 Å². The summed E-state index contributed by atoms with van der Waals surface area (Å²) in [5.41, 5.74) is 1.30. The number of rotatable bonds is 13. The number of para-hydroxylation sites is 1. The molecule has 1 N–H and O–H groups in total. The van der Waals surface area contributed by atoms with Crippen molar-refractivity contribution in [1.82, 2.24) is 0 Å². The summed E-state index contributed by atoms with van der Waals surface area (Å²) in [7, 11) is 0. The zero-order chi connectivity index (χ0) is 23.2. The lowest BCUT2D eigenvalue weighted by Gasteiger charge is -2.21. The summed E-state index contributed by atoms with van der Waals surface area (Å²) >= 11 is 0. The van der Waals surface area contributed by atoms with E-state index in [2.05, 4.69) is 11.4 Å². The molecule has 2 aromatic rings. The Balaban J connectivity index is 1.98. The molecule has 0 heterocycles. The Labute approximate surface area is 189 Å². The van der Waals surface area contributed by atoms with Gasteiger partial charge in [0.2, 0.25) is 11.8 Å². The van der Waals surface area contributed by atoms with Crippen molar-refractivity contribution in [1.29, 1.82) is 5.26 Å². The van der Waals surface area contributed by atoms with E-state index in [1.165, 1.54) is 0 Å². The third-order valence-corrected chi connectivity index (χ3v) is 4.53. The van der Waals surface area contributed by atoms with Gasteiger partial charge in [0, 0.05) is 36.8 Å². The summed E-state index contributed by atoms with van der Waals surface area (Å²) in [4.78, 5) is 26.7. The summed E-state index contributed by atoms with van der Waals surface area (Å²) in [6.07, 6.45) is 2.04. The van der Waals surface area contributed by atoms with Gasteiger partial charge in [0.25, 0.3) is 0 Å². The van der Waals surface area contributed by atoms with Gasteiger partial charge < -0.3 is 19.7 Å². The minimum Gasteiger partial charge on any atom is -0.490 e. The highest BCUT2D eigenvalue weighted by Gasteiger charge is 2.17. The Morgan fingerprint density at radius 1 is 0.969 bits per heavy atom. The fourth-order valence-electron chi connectivity index (χ4n) is 2.99. The molecule has 0 bridgehead atoms. The summed E-state index contributed by atoms with van der Waals surface area (Å²) < 4.78 is 11.5. The molecule has 0 saturated heterocycles. The summed E-state index contributed by atoms with van der Waals surface area (Å²) in [6, 6.07) is 16.5. The van der Waals surface area contributed by atoms with E-state index in [4.69, 9.17) is 14.7 Å². The molecule has 0 aliphatic heterocycles. The maximum absolute atomic E-state index is 12.7. The Hall–Kier alpha value is -3.53. The van der Waals surface area contributed by atoms with Crippen molar-refractivity contribution >= 4 is 23.2 Å². The Morgan fingerprint density at radius 2 is 1.66 bits per heavy atom. The largest absolute Gasteiger partial charge is 0.490 e. The van der Waals surface area contributed by atoms with Crippen LogP contribution in [-0.4, -0.2) is 31.6 Å². The number of nitrogens with zero attached hydrogens (tertiary/aromatic N) is 2. The lowest BCUT2D eigenvalue weighted by Crippen LogP contribution is -2.32. The molecule has 2 rings (SSSR count). The van der Waals surface area contributed by atoms with Crippen LogP contribution in [-0.2, 0) is 9.59 Å². The highest BCUT2D eigenvalue weighted by molar-refractivity contribution is 5.98. The van der Waals surface area contributed by atoms with Crippen LogP contribution in [0.15, 0.2) is 48.5 Å². The van der Waals surface area contributed by atoms with Crippen molar-refractivity contribution in [3.63, 3.8) is 0 Å². The molecule has 0 aromatic heterocycles. The molecule has 0 fully saturated rings. The number of amides is 2. The van der Waals surface area contributed by atoms with Crippen molar-refractivity contribution < 1.29 is 19.1 Å². The van der Waals surface area contributed by atoms with E-state index in [-0.39, 0.29) is 37.6 Å². The predicted octanol–water partition coefficient (Wildman–Crippen LogP) is 4.93. The van der Waals surface area contributed by atoms with Crippen LogP contribution in [0, 0.1) is 11.3 Å². The molecule has 0 spiro atoms. The zero-order valence-corrected chi connectivity index (χ0v) is 18.8. The summed E-state index contributed by atoms with van der Waals surface area (Å²) in [5, 5.41) is 11.7. The maximum Gasteiger partial charge on any atom is 0.227 e. The first-order valence-corrected chi connectivity index (χ1v) is 11.0. The van der Waals surface area contributed by atoms with Gasteiger partial charge in [-0.1, -0.05) is 32.0 Å². The quantitative estimate of drug-likeness (QED) is 0.480. The van der Waals surface area contributed by atoms with Crippen LogP contribution in [0.25, 0.3) is 0 Å². The van der Waals surface area contributed by atoms with Gasteiger partial charge in [0.1, 0.15) is 0 Å². The van der Waals surface area contributed by atoms with Crippen molar-refractivity contribution in [2.75, 3.05) is 30.0 Å². The van der Waals surface area contributed by atoms with E-state index >= 15 is 0 Å². The van der Waals surface area contributed by atoms with Crippen LogP contribution < -0.4 is 19.7 Å². The van der Waals surface area contributed by atoms with Gasteiger partial charge in [-0.3, -0.25) is 9.59 Å². The lowest BCUT2D eigenvalue weighted by atomic mass is 10.2. The third-order valence-electron chi connectivity index (χ3n) is 4.53. The van der Waals surface area contributed by atoms with Crippen molar-refractivity contribution in [3.8, 4) is 17.6 Å². The Kier molecular flexibility index (Phi) is 10.6. The average molecular weight is 438 g/mol. The molecule has 2 amide bonds. The first-order chi connectivity index (χ1) is 15.6. The smallest absolute Gasteiger partial charge is 0.227 e. The Morgan fingerprint density at radius 3 is 2.31 bits per heavy atom. The molecule has 0 radical (unpaired) electrons. The number of carbonyl (C=O) groups excluding carboxylic acids is 2. The lowest BCUT2D eigenvalue weighted by molar-refractivity contribution is -0.122. The van der Waals surface area contributed by atoms with Gasteiger partial charge >= 0.3 is 0 Å². The second-order valence-electron chi connectivity index (χ2n) is 7.20. The number of benzene rings is 2. The SMILES string of the molecule is CCCOc1ccc(NC(=O)CCC(=O)N(CCC#N)c2ccccc2)cc1OCCC. The van der Waals surface area contributed by atoms with Crippen molar-refractivity contribution in [2.24, 2.45) is 0 Å².